The first kappa shape index (κ1) is 12.0. The van der Waals surface area contributed by atoms with E-state index in [-0.39, 0.29) is 5.54 Å². The first-order valence-corrected chi connectivity index (χ1v) is 7.37. The Kier molecular flexibility index (Phi) is 3.63. The van der Waals surface area contributed by atoms with Crippen molar-refractivity contribution in [2.24, 2.45) is 0 Å². The highest BCUT2D eigenvalue weighted by Gasteiger charge is 2.40. The SMILES string of the molecule is CNC1(C#N)CCC(N2CCS(=O)CC2)C1. The Bertz CT molecular complexity index is 318. The van der Waals surface area contributed by atoms with Crippen molar-refractivity contribution >= 4 is 10.8 Å². The first-order chi connectivity index (χ1) is 7.69. The zero-order valence-electron chi connectivity index (χ0n) is 9.74. The smallest absolute Gasteiger partial charge is 0.108 e. The summed E-state index contributed by atoms with van der Waals surface area (Å²) in [6, 6.07) is 2.91. The number of nitriles is 1. The average molecular weight is 241 g/mol. The molecule has 0 aromatic carbocycles. The van der Waals surface area contributed by atoms with E-state index < -0.39 is 10.8 Å². The minimum absolute atomic E-state index is 0.318. The van der Waals surface area contributed by atoms with Gasteiger partial charge in [0.25, 0.3) is 0 Å². The van der Waals surface area contributed by atoms with Gasteiger partial charge in [0.15, 0.2) is 0 Å². The van der Waals surface area contributed by atoms with E-state index in [0.717, 1.165) is 43.9 Å². The van der Waals surface area contributed by atoms with Gasteiger partial charge in [-0.2, -0.15) is 5.26 Å². The monoisotopic (exact) mass is 241 g/mol. The summed E-state index contributed by atoms with van der Waals surface area (Å²) in [7, 11) is 1.27. The Hall–Kier alpha value is -0.440. The molecule has 2 unspecified atom stereocenters. The van der Waals surface area contributed by atoms with Crippen molar-refractivity contribution in [3.05, 3.63) is 0 Å². The topological polar surface area (TPSA) is 56.1 Å². The quantitative estimate of drug-likeness (QED) is 0.744. The summed E-state index contributed by atoms with van der Waals surface area (Å²) >= 11 is 0. The van der Waals surface area contributed by atoms with E-state index in [2.05, 4.69) is 16.3 Å². The fourth-order valence-electron chi connectivity index (χ4n) is 2.73. The molecule has 2 aliphatic rings. The highest BCUT2D eigenvalue weighted by Crippen LogP contribution is 2.32. The van der Waals surface area contributed by atoms with Crippen LogP contribution in [0.15, 0.2) is 0 Å². The van der Waals surface area contributed by atoms with Crippen LogP contribution < -0.4 is 5.32 Å². The molecule has 0 amide bonds. The van der Waals surface area contributed by atoms with E-state index in [9.17, 15) is 9.47 Å². The van der Waals surface area contributed by atoms with Gasteiger partial charge in [0, 0.05) is 41.4 Å². The molecular weight excluding hydrogens is 222 g/mol. The molecule has 0 radical (unpaired) electrons. The molecule has 1 heterocycles. The Morgan fingerprint density at radius 3 is 2.69 bits per heavy atom. The summed E-state index contributed by atoms with van der Waals surface area (Å²) < 4.78 is 11.3. The second-order valence-corrected chi connectivity index (χ2v) is 6.42. The molecule has 90 valence electrons. The van der Waals surface area contributed by atoms with Gasteiger partial charge in [0.05, 0.1) is 6.07 Å². The molecule has 4 nitrogen and oxygen atoms in total. The van der Waals surface area contributed by atoms with Gasteiger partial charge < -0.3 is 5.32 Å². The second kappa shape index (κ2) is 4.82. The third kappa shape index (κ3) is 2.29. The summed E-state index contributed by atoms with van der Waals surface area (Å²) in [5.41, 5.74) is -0.318. The number of rotatable bonds is 2. The van der Waals surface area contributed by atoms with Crippen molar-refractivity contribution in [2.45, 2.75) is 30.8 Å². The fraction of sp³-hybridized carbons (Fsp3) is 0.909. The lowest BCUT2D eigenvalue weighted by Crippen LogP contribution is -2.46. The Balaban J connectivity index is 1.94. The van der Waals surface area contributed by atoms with Gasteiger partial charge in [0.1, 0.15) is 5.54 Å². The maximum atomic E-state index is 11.3. The predicted molar refractivity (Wildman–Crippen MR) is 64.5 cm³/mol. The molecule has 1 saturated heterocycles. The zero-order chi connectivity index (χ0) is 11.6. The molecule has 5 heteroatoms. The lowest BCUT2D eigenvalue weighted by Gasteiger charge is -2.32. The maximum absolute atomic E-state index is 11.3. The molecule has 0 aromatic heterocycles. The van der Waals surface area contributed by atoms with Crippen molar-refractivity contribution < 1.29 is 4.21 Å². The van der Waals surface area contributed by atoms with E-state index in [1.165, 1.54) is 0 Å². The average Bonchev–Trinajstić information content (AvgIpc) is 2.75. The first-order valence-electron chi connectivity index (χ1n) is 5.88. The van der Waals surface area contributed by atoms with Crippen LogP contribution in [0.5, 0.6) is 0 Å². The second-order valence-electron chi connectivity index (χ2n) is 4.72. The van der Waals surface area contributed by atoms with Crippen LogP contribution in [0, 0.1) is 11.3 Å². The Morgan fingerprint density at radius 1 is 1.50 bits per heavy atom. The summed E-state index contributed by atoms with van der Waals surface area (Å²) in [6.45, 7) is 1.87. The molecule has 1 aliphatic heterocycles. The van der Waals surface area contributed by atoms with Crippen LogP contribution >= 0.6 is 0 Å². The normalized spacial score (nSPS) is 37.4. The standard InChI is InChI=1S/C11H19N3OS/c1-13-11(9-12)3-2-10(8-11)14-4-6-16(15)7-5-14/h10,13H,2-8H2,1H3. The van der Waals surface area contributed by atoms with Crippen LogP contribution in [0.2, 0.25) is 0 Å². The number of nitrogens with one attached hydrogen (secondary N) is 1. The predicted octanol–water partition coefficient (Wildman–Crippen LogP) is 0.0850. The van der Waals surface area contributed by atoms with Crippen molar-refractivity contribution in [3.63, 3.8) is 0 Å². The van der Waals surface area contributed by atoms with Crippen molar-refractivity contribution in [3.8, 4) is 6.07 Å². The zero-order valence-corrected chi connectivity index (χ0v) is 10.6. The highest BCUT2D eigenvalue weighted by atomic mass is 32.2. The van der Waals surface area contributed by atoms with Crippen LogP contribution in [0.4, 0.5) is 0 Å². The van der Waals surface area contributed by atoms with Crippen molar-refractivity contribution in [1.82, 2.24) is 10.2 Å². The van der Waals surface area contributed by atoms with Gasteiger partial charge in [0.2, 0.25) is 0 Å². The molecule has 2 fully saturated rings. The van der Waals surface area contributed by atoms with E-state index in [4.69, 9.17) is 0 Å². The van der Waals surface area contributed by atoms with Gasteiger partial charge in [-0.05, 0) is 26.3 Å². The minimum Gasteiger partial charge on any atom is -0.302 e. The molecule has 1 aliphatic carbocycles. The van der Waals surface area contributed by atoms with Gasteiger partial charge in [-0.25, -0.2) is 0 Å². The molecule has 0 bridgehead atoms. The molecule has 2 atom stereocenters. The van der Waals surface area contributed by atoms with Gasteiger partial charge in [-0.3, -0.25) is 9.11 Å². The van der Waals surface area contributed by atoms with Gasteiger partial charge >= 0.3 is 0 Å². The number of nitrogens with zero attached hydrogens (tertiary/aromatic N) is 2. The lowest BCUT2D eigenvalue weighted by molar-refractivity contribution is 0.211. The molecular formula is C11H19N3OS. The maximum Gasteiger partial charge on any atom is 0.108 e. The molecule has 1 N–H and O–H groups in total. The molecule has 2 rings (SSSR count). The summed E-state index contributed by atoms with van der Waals surface area (Å²) in [5, 5.41) is 12.4. The third-order valence-corrected chi connectivity index (χ3v) is 5.19. The van der Waals surface area contributed by atoms with E-state index in [1.54, 1.807) is 0 Å². The number of hydrogen-bond acceptors (Lipinski definition) is 4. The van der Waals surface area contributed by atoms with Crippen LogP contribution in [-0.2, 0) is 10.8 Å². The summed E-state index contributed by atoms with van der Waals surface area (Å²) in [6.07, 6.45) is 2.93. The van der Waals surface area contributed by atoms with Crippen LogP contribution in [0.1, 0.15) is 19.3 Å². The fourth-order valence-corrected chi connectivity index (χ4v) is 3.81. The highest BCUT2D eigenvalue weighted by molar-refractivity contribution is 7.85. The minimum atomic E-state index is -0.606. The Labute approximate surface area is 99.5 Å². The summed E-state index contributed by atoms with van der Waals surface area (Å²) in [4.78, 5) is 2.41. The number of hydrogen-bond donors (Lipinski definition) is 1. The molecule has 0 spiro atoms. The van der Waals surface area contributed by atoms with Crippen LogP contribution in [0.25, 0.3) is 0 Å². The molecule has 1 saturated carbocycles. The van der Waals surface area contributed by atoms with Crippen LogP contribution in [0.3, 0.4) is 0 Å². The summed E-state index contributed by atoms with van der Waals surface area (Å²) in [5.74, 6) is 1.60. The van der Waals surface area contributed by atoms with Gasteiger partial charge in [-0.15, -0.1) is 0 Å². The van der Waals surface area contributed by atoms with E-state index >= 15 is 0 Å². The van der Waals surface area contributed by atoms with Crippen LogP contribution in [-0.4, -0.2) is 52.3 Å². The van der Waals surface area contributed by atoms with Gasteiger partial charge in [-0.1, -0.05) is 0 Å². The van der Waals surface area contributed by atoms with E-state index in [1.807, 2.05) is 7.05 Å². The lowest BCUT2D eigenvalue weighted by atomic mass is 10.00. The largest absolute Gasteiger partial charge is 0.302 e. The van der Waals surface area contributed by atoms with Crippen molar-refractivity contribution in [2.75, 3.05) is 31.6 Å². The molecule has 0 aromatic rings. The third-order valence-electron chi connectivity index (χ3n) is 3.91. The van der Waals surface area contributed by atoms with Crippen molar-refractivity contribution in [1.29, 1.82) is 5.26 Å². The van der Waals surface area contributed by atoms with E-state index in [0.29, 0.717) is 6.04 Å². The Morgan fingerprint density at radius 2 is 2.19 bits per heavy atom. The molecule has 16 heavy (non-hydrogen) atoms.